The average molecular weight is 958 g/mol. The molecule has 2 saturated heterocycles. The molecule has 0 unspecified atom stereocenters. The molecular weight excluding hydrogens is 908 g/mol. The van der Waals surface area contributed by atoms with Gasteiger partial charge in [-0.05, 0) is 53.9 Å². The third kappa shape index (κ3) is 14.3. The van der Waals surface area contributed by atoms with Crippen LogP contribution in [0, 0.1) is 0 Å². The predicted molar refractivity (Wildman–Crippen MR) is 237 cm³/mol. The Bertz CT molecular complexity index is 2380. The third-order valence-electron chi connectivity index (χ3n) is 10.9. The van der Waals surface area contributed by atoms with Gasteiger partial charge in [-0.25, -0.2) is 14.4 Å². The summed E-state index contributed by atoms with van der Waals surface area (Å²) in [5.74, 6) is -4.74. The van der Waals surface area contributed by atoms with Gasteiger partial charge in [0.2, 0.25) is 0 Å². The van der Waals surface area contributed by atoms with E-state index in [1.807, 2.05) is 48.5 Å². The van der Waals surface area contributed by atoms with Gasteiger partial charge in [-0.2, -0.15) is 13.2 Å². The number of carbonyl (C=O) groups excluding carboxylic acids is 4. The molecule has 2 aliphatic rings. The van der Waals surface area contributed by atoms with Crippen LogP contribution in [0.1, 0.15) is 48.6 Å². The van der Waals surface area contributed by atoms with Crippen molar-refractivity contribution in [3.05, 3.63) is 179 Å². The number of alkyl halides is 3. The van der Waals surface area contributed by atoms with E-state index in [-0.39, 0.29) is 49.5 Å². The van der Waals surface area contributed by atoms with Crippen LogP contribution in [0.3, 0.4) is 0 Å². The van der Waals surface area contributed by atoms with E-state index in [9.17, 15) is 37.5 Å². The van der Waals surface area contributed by atoms with Crippen LogP contribution in [0.15, 0.2) is 152 Å². The second kappa shape index (κ2) is 24.7. The molecule has 5 aromatic rings. The molecule has 5 aromatic carbocycles. The number of aliphatic hydroxyl groups excluding tert-OH is 1. The van der Waals surface area contributed by atoms with E-state index in [1.54, 1.807) is 72.0 Å². The summed E-state index contributed by atoms with van der Waals surface area (Å²) in [6.07, 6.45) is -18.6. The highest BCUT2D eigenvalue weighted by Crippen LogP contribution is 2.35. The fourth-order valence-corrected chi connectivity index (χ4v) is 7.39. The number of ether oxygens (including phenoxy) is 9. The Balaban J connectivity index is 1.25. The monoisotopic (exact) mass is 957 g/mol. The number of hydrogen-bond donors (Lipinski definition) is 2. The minimum atomic E-state index is -5.13. The van der Waals surface area contributed by atoms with Crippen LogP contribution in [0.2, 0.25) is 0 Å². The molecule has 15 nitrogen and oxygen atoms in total. The summed E-state index contributed by atoms with van der Waals surface area (Å²) in [7, 11) is 0. The quantitative estimate of drug-likeness (QED) is 0.0498. The van der Waals surface area contributed by atoms with Crippen molar-refractivity contribution in [2.75, 3.05) is 26.4 Å². The van der Waals surface area contributed by atoms with Crippen molar-refractivity contribution in [3.63, 3.8) is 0 Å². The number of aliphatic hydroxyl groups is 1. The van der Waals surface area contributed by atoms with E-state index in [0.717, 1.165) is 11.1 Å². The number of hydrogen-bond acceptors (Lipinski definition) is 14. The SMILES string of the molecule is O=C(OC[C@H]1O[C@@H](OCCCNC(=O)C(F)(F)F)[C@H](OC(=O)c2ccccc2)[C@@H](O[C@H]2OC[C@@H](OCc3ccccc3)[C@H](O)[C@H]2OCc2ccccc2)[C@@H]1OC(=O)c1ccccc1)c1ccccc1. The van der Waals surface area contributed by atoms with E-state index in [4.69, 9.17) is 42.6 Å². The third-order valence-corrected chi connectivity index (χ3v) is 10.9. The van der Waals surface area contributed by atoms with Gasteiger partial charge in [0.25, 0.3) is 0 Å². The van der Waals surface area contributed by atoms with Crippen molar-refractivity contribution in [2.24, 2.45) is 0 Å². The summed E-state index contributed by atoms with van der Waals surface area (Å²) < 4.78 is 95.0. The highest BCUT2D eigenvalue weighted by Gasteiger charge is 2.55. The van der Waals surface area contributed by atoms with Crippen molar-refractivity contribution in [3.8, 4) is 0 Å². The van der Waals surface area contributed by atoms with E-state index < -0.39 is 98.5 Å². The van der Waals surface area contributed by atoms with Gasteiger partial charge in [-0.3, -0.25) is 4.79 Å². The molecule has 364 valence electrons. The molecule has 0 aliphatic carbocycles. The zero-order valence-electron chi connectivity index (χ0n) is 37.0. The first kappa shape index (κ1) is 50.4. The van der Waals surface area contributed by atoms with Gasteiger partial charge in [0, 0.05) is 6.54 Å². The largest absolute Gasteiger partial charge is 0.471 e. The number of halogens is 3. The fourth-order valence-electron chi connectivity index (χ4n) is 7.39. The van der Waals surface area contributed by atoms with E-state index in [1.165, 1.54) is 36.4 Å². The second-order valence-corrected chi connectivity index (χ2v) is 15.8. The summed E-state index contributed by atoms with van der Waals surface area (Å²) >= 11 is 0. The molecule has 0 radical (unpaired) electrons. The van der Waals surface area contributed by atoms with E-state index >= 15 is 0 Å². The maximum Gasteiger partial charge on any atom is 0.471 e. The zero-order valence-corrected chi connectivity index (χ0v) is 37.0. The summed E-state index contributed by atoms with van der Waals surface area (Å²) in [4.78, 5) is 53.0. The maximum absolute atomic E-state index is 14.1. The Hall–Kier alpha value is -6.51. The molecule has 69 heavy (non-hydrogen) atoms. The average Bonchev–Trinajstić information content (AvgIpc) is 3.37. The topological polar surface area (TPSA) is 184 Å². The first-order valence-electron chi connectivity index (χ1n) is 22.1. The summed E-state index contributed by atoms with van der Waals surface area (Å²) in [6.45, 7) is -1.65. The molecule has 0 spiro atoms. The minimum Gasteiger partial charge on any atom is -0.459 e. The standard InChI is InChI=1S/C51H50F3NO14/c52-51(53,54)50(60)55-27-16-28-61-49-44(68-47(59)37-25-14-5-15-26-37)43(41(67-46(58)36-23-12-4-13-24-36)39(66-49)32-64-45(57)35-21-10-3-11-22-35)69-48-42(63-30-34-19-8-2-9-20-34)40(56)38(31-65-48)62-29-33-17-6-1-7-18-33/h1-15,17-26,38-44,48-49,56H,16,27-32H2,(H,55,60)/t38-,39-,40+,41-,42-,43+,44-,48-,49-/m1/s1. The van der Waals surface area contributed by atoms with Crippen LogP contribution in [0.5, 0.6) is 0 Å². The Morgan fingerprint density at radius 2 is 1.09 bits per heavy atom. The molecule has 2 aliphatic heterocycles. The Morgan fingerprint density at radius 3 is 1.62 bits per heavy atom. The molecule has 2 heterocycles. The maximum atomic E-state index is 14.1. The van der Waals surface area contributed by atoms with Gasteiger partial charge in [0.1, 0.15) is 37.1 Å². The normalized spacial score (nSPS) is 23.6. The molecule has 2 fully saturated rings. The molecule has 0 bridgehead atoms. The van der Waals surface area contributed by atoms with Crippen LogP contribution < -0.4 is 5.32 Å². The van der Waals surface area contributed by atoms with Gasteiger partial charge < -0.3 is 53.1 Å². The summed E-state index contributed by atoms with van der Waals surface area (Å²) in [5, 5.41) is 13.8. The highest BCUT2D eigenvalue weighted by molar-refractivity contribution is 5.90. The van der Waals surface area contributed by atoms with Gasteiger partial charge in [0.15, 0.2) is 24.8 Å². The molecule has 18 heteroatoms. The van der Waals surface area contributed by atoms with Crippen LogP contribution in [-0.2, 0) is 60.6 Å². The molecule has 2 N–H and O–H groups in total. The lowest BCUT2D eigenvalue weighted by Gasteiger charge is -2.47. The number of nitrogens with one attached hydrogen (secondary N) is 1. The number of carbonyl (C=O) groups is 4. The van der Waals surface area contributed by atoms with Crippen LogP contribution in [0.25, 0.3) is 0 Å². The van der Waals surface area contributed by atoms with E-state index in [0.29, 0.717) is 0 Å². The second-order valence-electron chi connectivity index (χ2n) is 15.8. The Labute approximate surface area is 395 Å². The summed E-state index contributed by atoms with van der Waals surface area (Å²) in [5.41, 5.74) is 1.90. The zero-order chi connectivity index (χ0) is 48.6. The number of benzene rings is 5. The molecule has 0 aromatic heterocycles. The lowest BCUT2D eigenvalue weighted by atomic mass is 9.97. The van der Waals surface area contributed by atoms with Gasteiger partial charge in [-0.15, -0.1) is 0 Å². The van der Waals surface area contributed by atoms with Gasteiger partial charge in [0.05, 0.1) is 43.1 Å². The molecule has 0 saturated carbocycles. The van der Waals surface area contributed by atoms with Crippen molar-refractivity contribution in [1.29, 1.82) is 0 Å². The minimum absolute atomic E-state index is 0.0432. The van der Waals surface area contributed by atoms with Crippen molar-refractivity contribution >= 4 is 23.8 Å². The molecule has 1 amide bonds. The highest BCUT2D eigenvalue weighted by atomic mass is 19.4. The Morgan fingerprint density at radius 1 is 0.594 bits per heavy atom. The number of amides is 1. The number of rotatable bonds is 20. The van der Waals surface area contributed by atoms with Crippen molar-refractivity contribution in [2.45, 2.75) is 81.1 Å². The van der Waals surface area contributed by atoms with E-state index in [2.05, 4.69) is 0 Å². The predicted octanol–water partition coefficient (Wildman–Crippen LogP) is 6.38. The lowest BCUT2D eigenvalue weighted by molar-refractivity contribution is -0.353. The van der Waals surface area contributed by atoms with Crippen LogP contribution in [-0.4, -0.2) is 117 Å². The smallest absolute Gasteiger partial charge is 0.459 e. The summed E-state index contributed by atoms with van der Waals surface area (Å²) in [6, 6.07) is 42.0. The van der Waals surface area contributed by atoms with Crippen LogP contribution >= 0.6 is 0 Å². The first-order chi connectivity index (χ1) is 33.4. The van der Waals surface area contributed by atoms with Crippen LogP contribution in [0.4, 0.5) is 13.2 Å². The van der Waals surface area contributed by atoms with Gasteiger partial charge in [-0.1, -0.05) is 115 Å². The van der Waals surface area contributed by atoms with Crippen molar-refractivity contribution < 1.29 is 80.1 Å². The molecular formula is C51H50F3NO14. The lowest BCUT2D eigenvalue weighted by Crippen LogP contribution is -2.65. The van der Waals surface area contributed by atoms with Gasteiger partial charge >= 0.3 is 30.0 Å². The Kier molecular flexibility index (Phi) is 18.0. The number of esters is 3. The fraction of sp³-hybridized carbons (Fsp3) is 0.333. The first-order valence-corrected chi connectivity index (χ1v) is 22.1. The molecule has 7 rings (SSSR count). The molecule has 9 atom stereocenters. The van der Waals surface area contributed by atoms with Crippen molar-refractivity contribution in [1.82, 2.24) is 5.32 Å².